The zero-order valence-electron chi connectivity index (χ0n) is 13.6. The summed E-state index contributed by atoms with van der Waals surface area (Å²) in [4.78, 5) is 12.1. The van der Waals surface area contributed by atoms with Crippen LogP contribution in [0.3, 0.4) is 0 Å². The maximum absolute atomic E-state index is 12.1. The Hall–Kier alpha value is -1.75. The molecule has 0 aliphatic heterocycles. The standard InChI is InChI=1S/C17H23N3OS/c1-12(2)10-22-11-16(21)18-17-13(3)19-20(14(17)4)15-8-6-5-7-9-15/h5-9,12H,10-11H2,1-4H3,(H,18,21). The normalized spacial score (nSPS) is 11.0. The van der Waals surface area contributed by atoms with E-state index in [0.717, 1.165) is 28.5 Å². The third kappa shape index (κ3) is 4.13. The number of anilines is 1. The van der Waals surface area contributed by atoms with Gasteiger partial charge < -0.3 is 5.32 Å². The van der Waals surface area contributed by atoms with E-state index in [9.17, 15) is 4.79 Å². The van der Waals surface area contributed by atoms with Crippen molar-refractivity contribution in [1.82, 2.24) is 9.78 Å². The number of hydrogen-bond acceptors (Lipinski definition) is 3. The number of para-hydroxylation sites is 1. The van der Waals surface area contributed by atoms with Crippen LogP contribution in [-0.2, 0) is 4.79 Å². The Balaban J connectivity index is 2.09. The van der Waals surface area contributed by atoms with Crippen LogP contribution in [0.2, 0.25) is 0 Å². The molecule has 0 radical (unpaired) electrons. The van der Waals surface area contributed by atoms with E-state index in [-0.39, 0.29) is 5.91 Å². The summed E-state index contributed by atoms with van der Waals surface area (Å²) in [6.45, 7) is 8.21. The monoisotopic (exact) mass is 317 g/mol. The zero-order valence-corrected chi connectivity index (χ0v) is 14.4. The van der Waals surface area contributed by atoms with Crippen LogP contribution in [-0.4, -0.2) is 27.2 Å². The van der Waals surface area contributed by atoms with Gasteiger partial charge in [0.2, 0.25) is 5.91 Å². The fourth-order valence-corrected chi connectivity index (χ4v) is 3.05. The van der Waals surface area contributed by atoms with E-state index >= 15 is 0 Å². The number of thioether (sulfide) groups is 1. The van der Waals surface area contributed by atoms with Crippen LogP contribution >= 0.6 is 11.8 Å². The maximum Gasteiger partial charge on any atom is 0.234 e. The summed E-state index contributed by atoms with van der Waals surface area (Å²) in [7, 11) is 0. The predicted molar refractivity (Wildman–Crippen MR) is 93.8 cm³/mol. The van der Waals surface area contributed by atoms with E-state index in [1.165, 1.54) is 0 Å². The largest absolute Gasteiger partial charge is 0.322 e. The van der Waals surface area contributed by atoms with Crippen molar-refractivity contribution in [1.29, 1.82) is 0 Å². The first kappa shape index (κ1) is 16.6. The molecule has 1 amide bonds. The number of amides is 1. The lowest BCUT2D eigenvalue weighted by atomic mass is 10.3. The van der Waals surface area contributed by atoms with Crippen molar-refractivity contribution in [2.45, 2.75) is 27.7 Å². The van der Waals surface area contributed by atoms with E-state index in [1.54, 1.807) is 11.8 Å². The molecule has 0 spiro atoms. The van der Waals surface area contributed by atoms with Gasteiger partial charge in [0.1, 0.15) is 0 Å². The van der Waals surface area contributed by atoms with Gasteiger partial charge in [-0.05, 0) is 37.7 Å². The molecule has 2 rings (SSSR count). The molecule has 2 aromatic rings. The van der Waals surface area contributed by atoms with Crippen LogP contribution in [0, 0.1) is 19.8 Å². The average Bonchev–Trinajstić information content (AvgIpc) is 2.76. The first-order valence-corrected chi connectivity index (χ1v) is 8.63. The van der Waals surface area contributed by atoms with Crippen molar-refractivity contribution >= 4 is 23.4 Å². The quantitative estimate of drug-likeness (QED) is 0.881. The first-order chi connectivity index (χ1) is 10.5. The van der Waals surface area contributed by atoms with Crippen LogP contribution in [0.5, 0.6) is 0 Å². The molecule has 22 heavy (non-hydrogen) atoms. The third-order valence-corrected chi connectivity index (χ3v) is 4.61. The Kier molecular flexibility index (Phi) is 5.66. The predicted octanol–water partition coefficient (Wildman–Crippen LogP) is 3.82. The summed E-state index contributed by atoms with van der Waals surface area (Å²) in [6, 6.07) is 9.94. The molecule has 0 unspecified atom stereocenters. The number of nitrogens with one attached hydrogen (secondary N) is 1. The van der Waals surface area contributed by atoms with Gasteiger partial charge in [-0.3, -0.25) is 4.79 Å². The molecule has 0 fully saturated rings. The van der Waals surface area contributed by atoms with Crippen LogP contribution in [0.15, 0.2) is 30.3 Å². The van der Waals surface area contributed by atoms with Gasteiger partial charge in [-0.25, -0.2) is 4.68 Å². The number of carbonyl (C=O) groups is 1. The highest BCUT2D eigenvalue weighted by Crippen LogP contribution is 2.23. The van der Waals surface area contributed by atoms with Crippen molar-refractivity contribution in [3.63, 3.8) is 0 Å². The van der Waals surface area contributed by atoms with Gasteiger partial charge in [0.05, 0.1) is 28.5 Å². The Labute approximate surface area is 136 Å². The fraction of sp³-hybridized carbons (Fsp3) is 0.412. The highest BCUT2D eigenvalue weighted by Gasteiger charge is 2.15. The second-order valence-electron chi connectivity index (χ2n) is 5.75. The highest BCUT2D eigenvalue weighted by molar-refractivity contribution is 7.99. The maximum atomic E-state index is 12.1. The lowest BCUT2D eigenvalue weighted by Gasteiger charge is -2.08. The SMILES string of the molecule is Cc1nn(-c2ccccc2)c(C)c1NC(=O)CSCC(C)C. The molecule has 118 valence electrons. The first-order valence-electron chi connectivity index (χ1n) is 7.48. The number of aryl methyl sites for hydroxylation is 1. The smallest absolute Gasteiger partial charge is 0.234 e. The second kappa shape index (κ2) is 7.49. The molecular weight excluding hydrogens is 294 g/mol. The Bertz CT molecular complexity index is 635. The minimum absolute atomic E-state index is 0.0319. The van der Waals surface area contributed by atoms with E-state index < -0.39 is 0 Å². The molecule has 1 aromatic carbocycles. The Morgan fingerprint density at radius 3 is 2.59 bits per heavy atom. The fourth-order valence-electron chi connectivity index (χ4n) is 2.21. The van der Waals surface area contributed by atoms with Crippen LogP contribution in [0.1, 0.15) is 25.2 Å². The summed E-state index contributed by atoms with van der Waals surface area (Å²) in [6.07, 6.45) is 0. The average molecular weight is 317 g/mol. The minimum atomic E-state index is 0.0319. The molecule has 0 saturated carbocycles. The van der Waals surface area contributed by atoms with Gasteiger partial charge in [-0.15, -0.1) is 0 Å². The van der Waals surface area contributed by atoms with E-state index in [4.69, 9.17) is 0 Å². The molecule has 0 aliphatic carbocycles. The van der Waals surface area contributed by atoms with Gasteiger partial charge in [0.15, 0.2) is 0 Å². The molecule has 0 saturated heterocycles. The Morgan fingerprint density at radius 1 is 1.27 bits per heavy atom. The lowest BCUT2D eigenvalue weighted by molar-refractivity contribution is -0.113. The van der Waals surface area contributed by atoms with Gasteiger partial charge >= 0.3 is 0 Å². The van der Waals surface area contributed by atoms with Gasteiger partial charge in [-0.1, -0.05) is 32.0 Å². The summed E-state index contributed by atoms with van der Waals surface area (Å²) in [5.41, 5.74) is 3.60. The number of nitrogens with zero attached hydrogens (tertiary/aromatic N) is 2. The number of hydrogen-bond donors (Lipinski definition) is 1. The number of carbonyl (C=O) groups excluding carboxylic acids is 1. The van der Waals surface area contributed by atoms with Crippen molar-refractivity contribution in [3.05, 3.63) is 41.7 Å². The minimum Gasteiger partial charge on any atom is -0.322 e. The lowest BCUT2D eigenvalue weighted by Crippen LogP contribution is -2.16. The highest BCUT2D eigenvalue weighted by atomic mass is 32.2. The molecule has 1 heterocycles. The Morgan fingerprint density at radius 2 is 1.95 bits per heavy atom. The molecule has 1 N–H and O–H groups in total. The van der Waals surface area contributed by atoms with Gasteiger partial charge in [0, 0.05) is 0 Å². The van der Waals surface area contributed by atoms with Gasteiger partial charge in [0.25, 0.3) is 0 Å². The second-order valence-corrected chi connectivity index (χ2v) is 6.78. The molecule has 4 nitrogen and oxygen atoms in total. The number of aromatic nitrogens is 2. The molecule has 0 aliphatic rings. The topological polar surface area (TPSA) is 46.9 Å². The summed E-state index contributed by atoms with van der Waals surface area (Å²) < 4.78 is 1.87. The van der Waals surface area contributed by atoms with Crippen molar-refractivity contribution in [2.75, 3.05) is 16.8 Å². The van der Waals surface area contributed by atoms with Crippen LogP contribution in [0.25, 0.3) is 5.69 Å². The molecule has 0 atom stereocenters. The van der Waals surface area contributed by atoms with Crippen LogP contribution in [0.4, 0.5) is 5.69 Å². The van der Waals surface area contributed by atoms with E-state index in [2.05, 4.69) is 24.3 Å². The third-order valence-electron chi connectivity index (χ3n) is 3.24. The number of benzene rings is 1. The molecular formula is C17H23N3OS. The van der Waals surface area contributed by atoms with Gasteiger partial charge in [-0.2, -0.15) is 16.9 Å². The van der Waals surface area contributed by atoms with Crippen molar-refractivity contribution in [2.24, 2.45) is 5.92 Å². The van der Waals surface area contributed by atoms with E-state index in [0.29, 0.717) is 11.7 Å². The van der Waals surface area contributed by atoms with Crippen molar-refractivity contribution in [3.8, 4) is 5.69 Å². The van der Waals surface area contributed by atoms with Crippen molar-refractivity contribution < 1.29 is 4.79 Å². The number of rotatable bonds is 6. The van der Waals surface area contributed by atoms with E-state index in [1.807, 2.05) is 48.9 Å². The van der Waals surface area contributed by atoms with Crippen LogP contribution < -0.4 is 5.32 Å². The summed E-state index contributed by atoms with van der Waals surface area (Å²) in [5, 5.41) is 7.54. The zero-order chi connectivity index (χ0) is 16.1. The molecule has 0 bridgehead atoms. The molecule has 5 heteroatoms. The molecule has 1 aromatic heterocycles. The summed E-state index contributed by atoms with van der Waals surface area (Å²) in [5.74, 6) is 2.11. The summed E-state index contributed by atoms with van der Waals surface area (Å²) >= 11 is 1.66.